The lowest BCUT2D eigenvalue weighted by atomic mass is 10.1. The average Bonchev–Trinajstić information content (AvgIpc) is 2.40. The molecule has 1 aromatic carbocycles. The molecule has 1 aliphatic rings. The van der Waals surface area contributed by atoms with E-state index in [0.29, 0.717) is 30.9 Å². The van der Waals surface area contributed by atoms with Gasteiger partial charge < -0.3 is 15.2 Å². The second-order valence-corrected chi connectivity index (χ2v) is 7.07. The summed E-state index contributed by atoms with van der Waals surface area (Å²) >= 11 is 0. The van der Waals surface area contributed by atoms with Gasteiger partial charge in [-0.1, -0.05) is 0 Å². The molecule has 6 nitrogen and oxygen atoms in total. The Hall–Kier alpha value is -1.31. The Balaban J connectivity index is 2.29. The summed E-state index contributed by atoms with van der Waals surface area (Å²) in [6, 6.07) is 2.95. The summed E-state index contributed by atoms with van der Waals surface area (Å²) in [5, 5.41) is 0. The number of nitrogens with two attached hydrogens (primary N) is 1. The molecule has 0 spiro atoms. The fraction of sp³-hybridized carbons (Fsp3) is 0.571. The first kappa shape index (κ1) is 16.1. The Kier molecular flexibility index (Phi) is 4.75. The SMILES string of the molecule is COc1cc(C)c(N)cc1S(=O)(=O)NC1CCOC(C)C1. The minimum absolute atomic E-state index is 0.0523. The minimum atomic E-state index is -3.68. The van der Waals surface area contributed by atoms with Gasteiger partial charge in [0.1, 0.15) is 10.6 Å². The van der Waals surface area contributed by atoms with E-state index in [2.05, 4.69) is 4.72 Å². The number of aryl methyl sites for hydroxylation is 1. The molecule has 7 heteroatoms. The van der Waals surface area contributed by atoms with Crippen LogP contribution in [0.1, 0.15) is 25.3 Å². The van der Waals surface area contributed by atoms with Crippen molar-refractivity contribution in [3.8, 4) is 5.75 Å². The zero-order valence-corrected chi connectivity index (χ0v) is 13.4. The number of sulfonamides is 1. The van der Waals surface area contributed by atoms with Crippen LogP contribution in [0.25, 0.3) is 0 Å². The molecule has 2 atom stereocenters. The van der Waals surface area contributed by atoms with E-state index in [1.807, 2.05) is 13.8 Å². The normalized spacial score (nSPS) is 23.0. The van der Waals surface area contributed by atoms with Gasteiger partial charge in [0.2, 0.25) is 10.0 Å². The number of nitrogens with one attached hydrogen (secondary N) is 1. The van der Waals surface area contributed by atoms with E-state index in [0.717, 1.165) is 5.56 Å². The first-order valence-corrected chi connectivity index (χ1v) is 8.40. The third-order valence-corrected chi connectivity index (χ3v) is 5.19. The molecule has 1 aromatic rings. The molecule has 21 heavy (non-hydrogen) atoms. The summed E-state index contributed by atoms with van der Waals surface area (Å²) in [7, 11) is -2.23. The molecular weight excluding hydrogens is 292 g/mol. The quantitative estimate of drug-likeness (QED) is 0.821. The van der Waals surface area contributed by atoms with Crippen molar-refractivity contribution >= 4 is 15.7 Å². The van der Waals surface area contributed by atoms with Crippen molar-refractivity contribution in [1.29, 1.82) is 0 Å². The molecule has 0 amide bonds. The zero-order valence-electron chi connectivity index (χ0n) is 12.5. The minimum Gasteiger partial charge on any atom is -0.495 e. The third kappa shape index (κ3) is 3.66. The Bertz CT molecular complexity index is 616. The number of benzene rings is 1. The molecular formula is C14H22N2O4S. The van der Waals surface area contributed by atoms with Gasteiger partial charge in [0.05, 0.1) is 13.2 Å². The number of ether oxygens (including phenoxy) is 2. The Labute approximate surface area is 125 Å². The maximum atomic E-state index is 12.6. The summed E-state index contributed by atoms with van der Waals surface area (Å²) in [4.78, 5) is 0.0762. The number of anilines is 1. The zero-order chi connectivity index (χ0) is 15.6. The molecule has 0 saturated carbocycles. The van der Waals surface area contributed by atoms with Crippen LogP contribution >= 0.6 is 0 Å². The molecule has 2 unspecified atom stereocenters. The standard InChI is InChI=1S/C14H22N2O4S/c1-9-6-13(19-3)14(8-12(9)15)21(17,18)16-11-4-5-20-10(2)7-11/h6,8,10-11,16H,4-5,7,15H2,1-3H3. The van der Waals surface area contributed by atoms with Crippen molar-refractivity contribution in [2.24, 2.45) is 0 Å². The molecule has 1 fully saturated rings. The van der Waals surface area contributed by atoms with Crippen LogP contribution in [0.3, 0.4) is 0 Å². The van der Waals surface area contributed by atoms with E-state index in [1.54, 1.807) is 6.07 Å². The summed E-state index contributed by atoms with van der Waals surface area (Å²) in [6.45, 7) is 4.30. The first-order chi connectivity index (χ1) is 9.83. The number of hydrogen-bond acceptors (Lipinski definition) is 5. The molecule has 1 saturated heterocycles. The van der Waals surface area contributed by atoms with E-state index in [-0.39, 0.29) is 17.0 Å². The smallest absolute Gasteiger partial charge is 0.244 e. The van der Waals surface area contributed by atoms with Gasteiger partial charge in [-0.2, -0.15) is 0 Å². The summed E-state index contributed by atoms with van der Waals surface area (Å²) in [6.07, 6.45) is 1.37. The predicted molar refractivity (Wildman–Crippen MR) is 80.9 cm³/mol. The number of hydrogen-bond donors (Lipinski definition) is 2. The monoisotopic (exact) mass is 314 g/mol. The molecule has 118 valence electrons. The van der Waals surface area contributed by atoms with E-state index in [9.17, 15) is 8.42 Å². The molecule has 0 radical (unpaired) electrons. The van der Waals surface area contributed by atoms with Gasteiger partial charge in [0.15, 0.2) is 0 Å². The van der Waals surface area contributed by atoms with Crippen LogP contribution in [-0.4, -0.2) is 34.3 Å². The lowest BCUT2D eigenvalue weighted by Gasteiger charge is -2.28. The van der Waals surface area contributed by atoms with E-state index >= 15 is 0 Å². The van der Waals surface area contributed by atoms with Gasteiger partial charge >= 0.3 is 0 Å². The summed E-state index contributed by atoms with van der Waals surface area (Å²) in [5.74, 6) is 0.300. The van der Waals surface area contributed by atoms with Crippen LogP contribution in [0.5, 0.6) is 5.75 Å². The van der Waals surface area contributed by atoms with Crippen LogP contribution in [0, 0.1) is 6.92 Å². The van der Waals surface area contributed by atoms with Crippen LogP contribution in [-0.2, 0) is 14.8 Å². The molecule has 0 aromatic heterocycles. The van der Waals surface area contributed by atoms with Crippen LogP contribution in [0.2, 0.25) is 0 Å². The predicted octanol–water partition coefficient (Wildman–Crippen LogP) is 1.43. The van der Waals surface area contributed by atoms with Gasteiger partial charge in [0, 0.05) is 18.3 Å². The van der Waals surface area contributed by atoms with Crippen molar-refractivity contribution in [3.05, 3.63) is 17.7 Å². The fourth-order valence-electron chi connectivity index (χ4n) is 2.43. The van der Waals surface area contributed by atoms with Crippen molar-refractivity contribution < 1.29 is 17.9 Å². The Morgan fingerprint density at radius 1 is 1.43 bits per heavy atom. The van der Waals surface area contributed by atoms with Crippen molar-refractivity contribution in [1.82, 2.24) is 4.72 Å². The van der Waals surface area contributed by atoms with E-state index < -0.39 is 10.0 Å². The molecule has 0 aliphatic carbocycles. The molecule has 3 N–H and O–H groups in total. The van der Waals surface area contributed by atoms with Crippen LogP contribution < -0.4 is 15.2 Å². The van der Waals surface area contributed by atoms with E-state index in [4.69, 9.17) is 15.2 Å². The molecule has 1 aliphatic heterocycles. The molecule has 0 bridgehead atoms. The molecule has 2 rings (SSSR count). The van der Waals surface area contributed by atoms with Gasteiger partial charge in [-0.3, -0.25) is 0 Å². The highest BCUT2D eigenvalue weighted by Gasteiger charge is 2.27. The molecule has 1 heterocycles. The van der Waals surface area contributed by atoms with Crippen LogP contribution in [0.4, 0.5) is 5.69 Å². The summed E-state index contributed by atoms with van der Waals surface area (Å²) in [5.41, 5.74) is 7.04. The number of methoxy groups -OCH3 is 1. The maximum absolute atomic E-state index is 12.6. The highest BCUT2D eigenvalue weighted by atomic mass is 32.2. The summed E-state index contributed by atoms with van der Waals surface area (Å²) < 4.78 is 38.5. The largest absolute Gasteiger partial charge is 0.495 e. The van der Waals surface area contributed by atoms with Gasteiger partial charge in [-0.15, -0.1) is 0 Å². The Morgan fingerprint density at radius 3 is 2.76 bits per heavy atom. The van der Waals surface area contributed by atoms with Gasteiger partial charge in [-0.05, 0) is 44.4 Å². The lowest BCUT2D eigenvalue weighted by molar-refractivity contribution is 0.0173. The number of rotatable bonds is 4. The fourth-order valence-corrected chi connectivity index (χ4v) is 3.90. The van der Waals surface area contributed by atoms with Gasteiger partial charge in [-0.25, -0.2) is 13.1 Å². The maximum Gasteiger partial charge on any atom is 0.244 e. The second kappa shape index (κ2) is 6.21. The van der Waals surface area contributed by atoms with Crippen molar-refractivity contribution in [2.75, 3.05) is 19.5 Å². The van der Waals surface area contributed by atoms with Crippen molar-refractivity contribution in [2.45, 2.75) is 43.7 Å². The topological polar surface area (TPSA) is 90.7 Å². The second-order valence-electron chi connectivity index (χ2n) is 5.38. The average molecular weight is 314 g/mol. The van der Waals surface area contributed by atoms with Crippen molar-refractivity contribution in [3.63, 3.8) is 0 Å². The highest BCUT2D eigenvalue weighted by Crippen LogP contribution is 2.29. The first-order valence-electron chi connectivity index (χ1n) is 6.91. The van der Waals surface area contributed by atoms with Crippen LogP contribution in [0.15, 0.2) is 17.0 Å². The number of nitrogen functional groups attached to an aromatic ring is 1. The third-order valence-electron chi connectivity index (χ3n) is 3.65. The Morgan fingerprint density at radius 2 is 2.14 bits per heavy atom. The lowest BCUT2D eigenvalue weighted by Crippen LogP contribution is -2.41. The van der Waals surface area contributed by atoms with E-state index in [1.165, 1.54) is 13.2 Å². The van der Waals surface area contributed by atoms with Gasteiger partial charge in [0.25, 0.3) is 0 Å². The highest BCUT2D eigenvalue weighted by molar-refractivity contribution is 7.89.